The fraction of sp³-hybridized carbons (Fsp3) is 0. The number of aromatic amines is 1. The molecule has 2 aliphatic rings. The van der Waals surface area contributed by atoms with E-state index in [0.29, 0.717) is 0 Å². The maximum Gasteiger partial charge on any atom is 0.131 e. The SMILES string of the molecule is C1=C/C(=C(\c2ccccc2)c2[nH]c(/C(=C3/C=CC(Nc4ccccc4)=N3)c3ccccc3)c(-c3ccccc3)c2-c2ccccc2)N=C1Nc1ccccc1. The molecule has 262 valence electrons. The highest BCUT2D eigenvalue weighted by Crippen LogP contribution is 2.47. The number of aliphatic imine (C=N–C) groups is 2. The Hall–Kier alpha value is -7.50. The van der Waals surface area contributed by atoms with Crippen molar-refractivity contribution in [1.82, 2.24) is 4.98 Å². The number of nitrogens with one attached hydrogen (secondary N) is 3. The van der Waals surface area contributed by atoms with Gasteiger partial charge in [0.1, 0.15) is 11.7 Å². The van der Waals surface area contributed by atoms with Crippen LogP contribution in [-0.2, 0) is 0 Å². The zero-order chi connectivity index (χ0) is 36.8. The summed E-state index contributed by atoms with van der Waals surface area (Å²) in [5.74, 6) is 1.56. The predicted molar refractivity (Wildman–Crippen MR) is 230 cm³/mol. The molecule has 5 nitrogen and oxygen atoms in total. The monoisotopic (exact) mass is 707 g/mol. The second-order valence-electron chi connectivity index (χ2n) is 13.3. The Balaban J connectivity index is 1.34. The molecule has 1 aromatic heterocycles. The first-order valence-corrected chi connectivity index (χ1v) is 18.4. The minimum absolute atomic E-state index is 0.780. The fourth-order valence-corrected chi connectivity index (χ4v) is 7.19. The lowest BCUT2D eigenvalue weighted by Crippen LogP contribution is -2.06. The van der Waals surface area contributed by atoms with Crippen molar-refractivity contribution in [2.75, 3.05) is 10.6 Å². The largest absolute Gasteiger partial charge is 0.353 e. The van der Waals surface area contributed by atoms with Crippen molar-refractivity contribution >= 4 is 34.2 Å². The number of rotatable bonds is 8. The molecule has 0 spiro atoms. The van der Waals surface area contributed by atoms with Gasteiger partial charge in [0, 0.05) is 33.6 Å². The third kappa shape index (κ3) is 7.02. The molecule has 0 aliphatic carbocycles. The van der Waals surface area contributed by atoms with Crippen LogP contribution in [0.5, 0.6) is 0 Å². The molecule has 2 aliphatic heterocycles. The van der Waals surface area contributed by atoms with E-state index >= 15 is 0 Å². The van der Waals surface area contributed by atoms with Gasteiger partial charge in [-0.15, -0.1) is 0 Å². The summed E-state index contributed by atoms with van der Waals surface area (Å²) in [5, 5.41) is 7.00. The maximum atomic E-state index is 5.21. The van der Waals surface area contributed by atoms with Crippen molar-refractivity contribution in [1.29, 1.82) is 0 Å². The summed E-state index contributed by atoms with van der Waals surface area (Å²) in [6.45, 7) is 0. The number of nitrogens with zero attached hydrogens (tertiary/aromatic N) is 2. The Bertz CT molecular complexity index is 2450. The molecule has 55 heavy (non-hydrogen) atoms. The van der Waals surface area contributed by atoms with E-state index in [4.69, 9.17) is 9.98 Å². The van der Waals surface area contributed by atoms with Gasteiger partial charge in [-0.25, -0.2) is 9.98 Å². The first-order valence-electron chi connectivity index (χ1n) is 18.4. The molecule has 3 heterocycles. The Kier molecular flexibility index (Phi) is 9.23. The second-order valence-corrected chi connectivity index (χ2v) is 13.3. The predicted octanol–water partition coefficient (Wildman–Crippen LogP) is 12.0. The van der Waals surface area contributed by atoms with Crippen LogP contribution in [0.25, 0.3) is 33.4 Å². The molecule has 0 bridgehead atoms. The molecule has 0 saturated heterocycles. The number of hydrogen-bond acceptors (Lipinski definition) is 4. The standard InChI is InChI=1S/C50H37N5/c1-7-19-35(20-8-1)45(41-31-33-43(53-41)51-39-27-15-5-16-28-39)49-47(37-23-11-3-12-24-37)48(38-25-13-4-14-26-38)50(55-49)46(36-21-9-2-10-22-36)42-32-34-44(54-42)52-40-29-17-6-18-30-40/h1-34,55H,(H,51,53)(H,52,54)/b45-41-,46-42-. The highest BCUT2D eigenvalue weighted by molar-refractivity contribution is 6.11. The number of hydrogen-bond donors (Lipinski definition) is 3. The molecule has 0 amide bonds. The summed E-state index contributed by atoms with van der Waals surface area (Å²) < 4.78 is 0. The molecular formula is C50H37N5. The van der Waals surface area contributed by atoms with E-state index in [9.17, 15) is 0 Å². The van der Waals surface area contributed by atoms with Gasteiger partial charge in [-0.05, 0) is 70.8 Å². The van der Waals surface area contributed by atoms with E-state index in [0.717, 1.165) is 90.4 Å². The normalized spacial score (nSPS) is 15.1. The van der Waals surface area contributed by atoms with Gasteiger partial charge in [-0.3, -0.25) is 0 Å². The van der Waals surface area contributed by atoms with E-state index in [1.54, 1.807) is 0 Å². The zero-order valence-corrected chi connectivity index (χ0v) is 30.0. The average molecular weight is 708 g/mol. The van der Waals surface area contributed by atoms with Crippen molar-refractivity contribution in [2.45, 2.75) is 0 Å². The third-order valence-corrected chi connectivity index (χ3v) is 9.63. The summed E-state index contributed by atoms with van der Waals surface area (Å²) in [5.41, 5.74) is 14.1. The Morgan fingerprint density at radius 1 is 0.364 bits per heavy atom. The Labute approximate surface area is 321 Å². The molecule has 3 N–H and O–H groups in total. The maximum absolute atomic E-state index is 5.21. The van der Waals surface area contributed by atoms with E-state index in [2.05, 4.69) is 149 Å². The van der Waals surface area contributed by atoms with Crippen molar-refractivity contribution in [3.63, 3.8) is 0 Å². The summed E-state index contributed by atoms with van der Waals surface area (Å²) in [6, 6.07) is 62.7. The minimum Gasteiger partial charge on any atom is -0.353 e. The molecule has 7 aromatic rings. The number of anilines is 2. The number of amidine groups is 2. The lowest BCUT2D eigenvalue weighted by atomic mass is 9.88. The molecule has 0 atom stereocenters. The van der Waals surface area contributed by atoms with Gasteiger partial charge in [0.15, 0.2) is 0 Å². The van der Waals surface area contributed by atoms with Crippen molar-refractivity contribution < 1.29 is 0 Å². The van der Waals surface area contributed by atoms with E-state index in [1.807, 2.05) is 72.8 Å². The van der Waals surface area contributed by atoms with Crippen LogP contribution in [0.15, 0.2) is 228 Å². The summed E-state index contributed by atoms with van der Waals surface area (Å²) in [4.78, 5) is 14.5. The number of H-pyrrole nitrogens is 1. The van der Waals surface area contributed by atoms with E-state index < -0.39 is 0 Å². The summed E-state index contributed by atoms with van der Waals surface area (Å²) >= 11 is 0. The third-order valence-electron chi connectivity index (χ3n) is 9.63. The van der Waals surface area contributed by atoms with Crippen LogP contribution in [0.4, 0.5) is 11.4 Å². The Morgan fingerprint density at radius 3 is 1.05 bits per heavy atom. The van der Waals surface area contributed by atoms with Gasteiger partial charge in [-0.2, -0.15) is 0 Å². The number of para-hydroxylation sites is 2. The quantitative estimate of drug-likeness (QED) is 0.147. The smallest absolute Gasteiger partial charge is 0.131 e. The van der Waals surface area contributed by atoms with Gasteiger partial charge in [0.25, 0.3) is 0 Å². The van der Waals surface area contributed by atoms with Gasteiger partial charge in [0.05, 0.1) is 22.8 Å². The highest BCUT2D eigenvalue weighted by atomic mass is 15.0. The number of allylic oxidation sites excluding steroid dienone is 2. The zero-order valence-electron chi connectivity index (χ0n) is 30.0. The van der Waals surface area contributed by atoms with Crippen molar-refractivity contribution in [2.24, 2.45) is 9.98 Å². The van der Waals surface area contributed by atoms with E-state index in [1.165, 1.54) is 0 Å². The molecule has 5 heteroatoms. The van der Waals surface area contributed by atoms with Gasteiger partial charge >= 0.3 is 0 Å². The minimum atomic E-state index is 0.780. The summed E-state index contributed by atoms with van der Waals surface area (Å²) in [7, 11) is 0. The molecule has 0 unspecified atom stereocenters. The van der Waals surface area contributed by atoms with E-state index in [-0.39, 0.29) is 0 Å². The number of benzene rings is 6. The lowest BCUT2D eigenvalue weighted by Gasteiger charge is -2.14. The molecule has 0 fully saturated rings. The molecule has 0 radical (unpaired) electrons. The van der Waals surface area contributed by atoms with Crippen LogP contribution >= 0.6 is 0 Å². The van der Waals surface area contributed by atoms with Crippen molar-refractivity contribution in [3.8, 4) is 22.3 Å². The Morgan fingerprint density at radius 2 is 0.691 bits per heavy atom. The van der Waals surface area contributed by atoms with Crippen LogP contribution < -0.4 is 10.6 Å². The first-order chi connectivity index (χ1) is 27.3. The summed E-state index contributed by atoms with van der Waals surface area (Å²) in [6.07, 6.45) is 8.30. The molecule has 0 saturated carbocycles. The average Bonchev–Trinajstić information content (AvgIpc) is 4.00. The van der Waals surface area contributed by atoms with Gasteiger partial charge in [-0.1, -0.05) is 158 Å². The topological polar surface area (TPSA) is 64.6 Å². The fourth-order valence-electron chi connectivity index (χ4n) is 7.19. The first kappa shape index (κ1) is 33.3. The van der Waals surface area contributed by atoms with Gasteiger partial charge in [0.2, 0.25) is 0 Å². The molecule has 9 rings (SSSR count). The van der Waals surface area contributed by atoms with Gasteiger partial charge < -0.3 is 15.6 Å². The lowest BCUT2D eigenvalue weighted by molar-refractivity contribution is 1.27. The van der Waals surface area contributed by atoms with Crippen LogP contribution in [0.1, 0.15) is 22.5 Å². The molecular weight excluding hydrogens is 671 g/mol. The van der Waals surface area contributed by atoms with Crippen molar-refractivity contribution in [3.05, 3.63) is 240 Å². The van der Waals surface area contributed by atoms with Crippen LogP contribution in [0.2, 0.25) is 0 Å². The highest BCUT2D eigenvalue weighted by Gasteiger charge is 2.29. The van der Waals surface area contributed by atoms with Crippen LogP contribution in [0.3, 0.4) is 0 Å². The van der Waals surface area contributed by atoms with Crippen LogP contribution in [0, 0.1) is 0 Å². The van der Waals surface area contributed by atoms with Crippen LogP contribution in [-0.4, -0.2) is 16.7 Å². The second kappa shape index (κ2) is 15.2. The number of aromatic nitrogens is 1. The molecule has 6 aromatic carbocycles.